The van der Waals surface area contributed by atoms with E-state index in [4.69, 9.17) is 28.6 Å². The highest BCUT2D eigenvalue weighted by Gasteiger charge is 2.37. The summed E-state index contributed by atoms with van der Waals surface area (Å²) in [7, 11) is 0. The van der Waals surface area contributed by atoms with E-state index < -0.39 is 12.0 Å². The standard InChI is InChI=1S/C12H10ClF3N4OS/c1-2-21-9-4-3-7(5-8(9)13)6-17-20-10(12(14,15)16)18-19-11(20)22/h3-6H,2H2,1H3,(H,19,22)/b17-6-. The Morgan fingerprint density at radius 3 is 2.82 bits per heavy atom. The fraction of sp³-hybridized carbons (Fsp3) is 0.250. The molecule has 2 rings (SSSR count). The number of halogens is 4. The number of aromatic amines is 1. The average Bonchev–Trinajstić information content (AvgIpc) is 2.80. The van der Waals surface area contributed by atoms with Gasteiger partial charge in [0.25, 0.3) is 5.82 Å². The summed E-state index contributed by atoms with van der Waals surface area (Å²) in [5, 5.41) is 9.19. The van der Waals surface area contributed by atoms with Crippen molar-refractivity contribution in [3.8, 4) is 5.75 Å². The van der Waals surface area contributed by atoms with Gasteiger partial charge in [0.15, 0.2) is 0 Å². The zero-order chi connectivity index (χ0) is 16.3. The first kappa shape index (κ1) is 16.5. The number of H-pyrrole nitrogens is 1. The smallest absolute Gasteiger partial charge is 0.453 e. The minimum atomic E-state index is -4.67. The second-order valence-corrected chi connectivity index (χ2v) is 4.82. The molecule has 0 amide bonds. The lowest BCUT2D eigenvalue weighted by Gasteiger charge is -2.06. The molecule has 0 saturated heterocycles. The van der Waals surface area contributed by atoms with Gasteiger partial charge >= 0.3 is 6.18 Å². The summed E-state index contributed by atoms with van der Waals surface area (Å²) < 4.78 is 43.7. The SMILES string of the molecule is CCOc1ccc(/C=N\n2c(C(F)(F)F)n[nH]c2=S)cc1Cl. The summed E-state index contributed by atoms with van der Waals surface area (Å²) >= 11 is 10.7. The lowest BCUT2D eigenvalue weighted by molar-refractivity contribution is -0.147. The molecule has 1 heterocycles. The van der Waals surface area contributed by atoms with Gasteiger partial charge in [0.2, 0.25) is 4.77 Å². The zero-order valence-corrected chi connectivity index (χ0v) is 12.8. The number of alkyl halides is 3. The largest absolute Gasteiger partial charge is 0.492 e. The average molecular weight is 351 g/mol. The van der Waals surface area contributed by atoms with E-state index in [1.165, 1.54) is 12.3 Å². The molecular formula is C12H10ClF3N4OS. The summed E-state index contributed by atoms with van der Waals surface area (Å²) in [5.74, 6) is -0.747. The highest BCUT2D eigenvalue weighted by atomic mass is 35.5. The maximum Gasteiger partial charge on any atom is 0.453 e. The number of benzene rings is 1. The predicted octanol–water partition coefficient (Wildman–Crippen LogP) is 3.89. The third-order valence-corrected chi connectivity index (χ3v) is 3.04. The summed E-state index contributed by atoms with van der Waals surface area (Å²) in [6, 6.07) is 4.73. The van der Waals surface area contributed by atoms with E-state index >= 15 is 0 Å². The number of hydrogen-bond acceptors (Lipinski definition) is 4. The molecule has 1 aromatic carbocycles. The van der Waals surface area contributed by atoms with Crippen molar-refractivity contribution in [1.82, 2.24) is 14.9 Å². The molecule has 22 heavy (non-hydrogen) atoms. The molecule has 0 spiro atoms. The summed E-state index contributed by atoms with van der Waals surface area (Å²) in [4.78, 5) is 0. The third kappa shape index (κ3) is 3.66. The molecule has 10 heteroatoms. The Labute approximate surface area is 133 Å². The topological polar surface area (TPSA) is 55.2 Å². The van der Waals surface area contributed by atoms with Crippen LogP contribution in [0.2, 0.25) is 5.02 Å². The fourth-order valence-electron chi connectivity index (χ4n) is 1.58. The number of rotatable bonds is 4. The lowest BCUT2D eigenvalue weighted by Crippen LogP contribution is -2.12. The normalized spacial score (nSPS) is 12.0. The van der Waals surface area contributed by atoms with Gasteiger partial charge in [-0.1, -0.05) is 11.6 Å². The molecule has 0 aliphatic heterocycles. The minimum absolute atomic E-state index is 0.263. The second-order valence-electron chi connectivity index (χ2n) is 4.03. The van der Waals surface area contributed by atoms with Gasteiger partial charge in [-0.25, -0.2) is 5.10 Å². The van der Waals surface area contributed by atoms with E-state index in [0.717, 1.165) is 0 Å². The summed E-state index contributed by atoms with van der Waals surface area (Å²) in [6.45, 7) is 2.26. The second kappa shape index (κ2) is 6.49. The Morgan fingerprint density at radius 1 is 1.50 bits per heavy atom. The molecule has 0 atom stereocenters. The molecule has 0 aliphatic carbocycles. The quantitative estimate of drug-likeness (QED) is 0.672. The number of nitrogens with one attached hydrogen (secondary N) is 1. The number of nitrogens with zero attached hydrogens (tertiary/aromatic N) is 3. The molecular weight excluding hydrogens is 341 g/mol. The molecule has 0 aliphatic rings. The van der Waals surface area contributed by atoms with Crippen LogP contribution in [-0.2, 0) is 6.18 Å². The molecule has 0 bridgehead atoms. The molecule has 1 N–H and O–H groups in total. The Bertz CT molecular complexity index is 754. The molecule has 1 aromatic heterocycles. The van der Waals surface area contributed by atoms with Crippen molar-refractivity contribution in [1.29, 1.82) is 0 Å². The van der Waals surface area contributed by atoms with E-state index in [-0.39, 0.29) is 4.77 Å². The van der Waals surface area contributed by atoms with E-state index in [9.17, 15) is 13.2 Å². The van der Waals surface area contributed by atoms with Crippen molar-refractivity contribution in [2.24, 2.45) is 5.10 Å². The maximum absolute atomic E-state index is 12.7. The van der Waals surface area contributed by atoms with Crippen LogP contribution in [0.3, 0.4) is 0 Å². The van der Waals surface area contributed by atoms with Crippen LogP contribution in [0.15, 0.2) is 23.3 Å². The minimum Gasteiger partial charge on any atom is -0.492 e. The van der Waals surface area contributed by atoms with Crippen LogP contribution in [0.5, 0.6) is 5.75 Å². The maximum atomic E-state index is 12.7. The Hall–Kier alpha value is -1.87. The van der Waals surface area contributed by atoms with Crippen molar-refractivity contribution in [3.05, 3.63) is 39.4 Å². The molecule has 0 unspecified atom stereocenters. The van der Waals surface area contributed by atoms with Gasteiger partial charge in [-0.05, 0) is 42.9 Å². The Kier molecular flexibility index (Phi) is 4.87. The summed E-state index contributed by atoms with van der Waals surface area (Å²) in [6.07, 6.45) is -3.47. The monoisotopic (exact) mass is 350 g/mol. The van der Waals surface area contributed by atoms with E-state index in [1.807, 2.05) is 6.92 Å². The summed E-state index contributed by atoms with van der Waals surface area (Å²) in [5.41, 5.74) is 0.490. The molecule has 5 nitrogen and oxygen atoms in total. The van der Waals surface area contributed by atoms with Crippen LogP contribution >= 0.6 is 23.8 Å². The van der Waals surface area contributed by atoms with E-state index in [0.29, 0.717) is 27.6 Å². The molecule has 118 valence electrons. The zero-order valence-electron chi connectivity index (χ0n) is 11.2. The third-order valence-electron chi connectivity index (χ3n) is 2.48. The van der Waals surface area contributed by atoms with Gasteiger partial charge in [0, 0.05) is 0 Å². The lowest BCUT2D eigenvalue weighted by atomic mass is 10.2. The van der Waals surface area contributed by atoms with Crippen LogP contribution < -0.4 is 4.74 Å². The van der Waals surface area contributed by atoms with Gasteiger partial charge in [0.1, 0.15) is 5.75 Å². The van der Waals surface area contributed by atoms with E-state index in [2.05, 4.69) is 15.3 Å². The first-order valence-electron chi connectivity index (χ1n) is 6.04. The first-order chi connectivity index (χ1) is 10.3. The Morgan fingerprint density at radius 2 is 2.23 bits per heavy atom. The van der Waals surface area contributed by atoms with Crippen LogP contribution in [-0.4, -0.2) is 27.7 Å². The van der Waals surface area contributed by atoms with Gasteiger partial charge in [0.05, 0.1) is 17.8 Å². The first-order valence-corrected chi connectivity index (χ1v) is 6.83. The van der Waals surface area contributed by atoms with Crippen LogP contribution in [0.1, 0.15) is 18.3 Å². The fourth-order valence-corrected chi connectivity index (χ4v) is 2.00. The number of hydrogen-bond donors (Lipinski definition) is 1. The highest BCUT2D eigenvalue weighted by molar-refractivity contribution is 7.71. The number of ether oxygens (including phenoxy) is 1. The van der Waals surface area contributed by atoms with Crippen molar-refractivity contribution in [2.45, 2.75) is 13.1 Å². The van der Waals surface area contributed by atoms with Crippen molar-refractivity contribution in [3.63, 3.8) is 0 Å². The molecule has 0 saturated carbocycles. The van der Waals surface area contributed by atoms with Crippen LogP contribution in [0.25, 0.3) is 0 Å². The van der Waals surface area contributed by atoms with Gasteiger partial charge in [-0.2, -0.15) is 22.9 Å². The highest BCUT2D eigenvalue weighted by Crippen LogP contribution is 2.28. The van der Waals surface area contributed by atoms with Gasteiger partial charge < -0.3 is 4.74 Å². The predicted molar refractivity (Wildman–Crippen MR) is 78.0 cm³/mol. The van der Waals surface area contributed by atoms with Gasteiger partial charge in [-0.3, -0.25) is 0 Å². The van der Waals surface area contributed by atoms with Crippen molar-refractivity contribution >= 4 is 30.0 Å². The van der Waals surface area contributed by atoms with Crippen molar-refractivity contribution in [2.75, 3.05) is 6.61 Å². The molecule has 2 aromatic rings. The van der Waals surface area contributed by atoms with E-state index in [1.54, 1.807) is 12.1 Å². The van der Waals surface area contributed by atoms with Crippen LogP contribution in [0.4, 0.5) is 13.2 Å². The van der Waals surface area contributed by atoms with Crippen LogP contribution in [0, 0.1) is 4.77 Å². The molecule has 0 fully saturated rings. The Balaban J connectivity index is 2.32. The van der Waals surface area contributed by atoms with Crippen molar-refractivity contribution < 1.29 is 17.9 Å². The molecule has 0 radical (unpaired) electrons. The van der Waals surface area contributed by atoms with Gasteiger partial charge in [-0.15, -0.1) is 5.10 Å². The number of aromatic nitrogens is 3.